The van der Waals surface area contributed by atoms with E-state index in [1.807, 2.05) is 37.3 Å². The second-order valence-electron chi connectivity index (χ2n) is 8.65. The van der Waals surface area contributed by atoms with Crippen LogP contribution in [0.4, 0.5) is 11.5 Å². The Balaban J connectivity index is 1.54. The van der Waals surface area contributed by atoms with Crippen molar-refractivity contribution in [1.82, 2.24) is 14.9 Å². The number of para-hydroxylation sites is 1. The van der Waals surface area contributed by atoms with Crippen LogP contribution in [0.15, 0.2) is 54.3 Å². The Kier molecular flexibility index (Phi) is 8.97. The molecule has 9 heteroatoms. The fourth-order valence-electron chi connectivity index (χ4n) is 4.20. The lowest BCUT2D eigenvalue weighted by Crippen LogP contribution is -2.24. The van der Waals surface area contributed by atoms with Crippen molar-refractivity contribution in [2.24, 2.45) is 4.99 Å². The van der Waals surface area contributed by atoms with Gasteiger partial charge >= 0.3 is 0 Å². The van der Waals surface area contributed by atoms with Crippen LogP contribution in [0, 0.1) is 6.92 Å². The summed E-state index contributed by atoms with van der Waals surface area (Å²) in [5, 5.41) is 7.97. The minimum Gasteiger partial charge on any atom is -0.493 e. The van der Waals surface area contributed by atoms with Gasteiger partial charge in [0.2, 0.25) is 5.96 Å². The quantitative estimate of drug-likeness (QED) is 0.161. The Morgan fingerprint density at radius 2 is 2.03 bits per heavy atom. The van der Waals surface area contributed by atoms with Crippen molar-refractivity contribution in [3.8, 4) is 11.5 Å². The van der Waals surface area contributed by atoms with Gasteiger partial charge in [-0.15, -0.1) is 6.58 Å². The summed E-state index contributed by atoms with van der Waals surface area (Å²) in [4.78, 5) is 16.0. The first kappa shape index (κ1) is 25.7. The molecule has 3 aromatic rings. The van der Waals surface area contributed by atoms with Gasteiger partial charge in [0.15, 0.2) is 11.5 Å². The molecule has 36 heavy (non-hydrogen) atoms. The third kappa shape index (κ3) is 6.44. The number of anilines is 2. The highest BCUT2D eigenvalue weighted by atomic mass is 35.5. The smallest absolute Gasteiger partial charge is 0.201 e. The molecule has 0 atom stereocenters. The summed E-state index contributed by atoms with van der Waals surface area (Å²) in [6.45, 7) is 10.2. The van der Waals surface area contributed by atoms with Crippen LogP contribution in [0.2, 0.25) is 5.02 Å². The lowest BCUT2D eigenvalue weighted by molar-refractivity contribution is 0.254. The Hall–Kier alpha value is -3.36. The van der Waals surface area contributed by atoms with Crippen molar-refractivity contribution >= 4 is 40.0 Å². The van der Waals surface area contributed by atoms with Gasteiger partial charge in [0, 0.05) is 18.0 Å². The number of nitrogens with zero attached hydrogens (tertiary/aromatic N) is 4. The molecule has 0 amide bonds. The number of ether oxygens (including phenoxy) is 2. The number of benzene rings is 2. The molecule has 2 heterocycles. The van der Waals surface area contributed by atoms with E-state index in [9.17, 15) is 0 Å². The summed E-state index contributed by atoms with van der Waals surface area (Å²) in [5.74, 6) is 2.37. The summed E-state index contributed by atoms with van der Waals surface area (Å²) in [6.07, 6.45) is 6.79. The minimum atomic E-state index is 0.417. The van der Waals surface area contributed by atoms with E-state index < -0.39 is 0 Å². The maximum absolute atomic E-state index is 6.43. The van der Waals surface area contributed by atoms with Crippen LogP contribution in [-0.4, -0.2) is 60.7 Å². The number of aliphatic imine (C=N–C) groups is 1. The van der Waals surface area contributed by atoms with Crippen LogP contribution in [0.1, 0.15) is 24.8 Å². The molecule has 1 aliphatic heterocycles. The minimum absolute atomic E-state index is 0.417. The number of hydrogen-bond acceptors (Lipinski definition) is 6. The lowest BCUT2D eigenvalue weighted by atomic mass is 10.2. The topological polar surface area (TPSA) is 83.9 Å². The monoisotopic (exact) mass is 508 g/mol. The number of hydrogen-bond donors (Lipinski definition) is 2. The van der Waals surface area contributed by atoms with Gasteiger partial charge in [0.25, 0.3) is 0 Å². The Bertz CT molecular complexity index is 1210. The first-order valence-electron chi connectivity index (χ1n) is 12.2. The van der Waals surface area contributed by atoms with Gasteiger partial charge in [-0.1, -0.05) is 29.8 Å². The van der Waals surface area contributed by atoms with E-state index in [1.54, 1.807) is 13.2 Å². The van der Waals surface area contributed by atoms with Gasteiger partial charge in [0.1, 0.15) is 12.1 Å². The normalized spacial score (nSPS) is 14.1. The number of rotatable bonds is 10. The standard InChI is InChI=1S/C27H33ClN6O2/c1-4-11-29-27(32-25-19(2)9-7-10-21(25)28)33-26-20-16-23(35-3)24(17-22(20)30-18-31-26)36-15-8-14-34-12-5-6-13-34/h4,7,9-10,16-18H,1,5-6,8,11-15H2,2-3H3,(H2,29,30,31,32,33). The maximum Gasteiger partial charge on any atom is 0.201 e. The number of aryl methyl sites for hydroxylation is 1. The van der Waals surface area contributed by atoms with Crippen LogP contribution in [-0.2, 0) is 0 Å². The number of nitrogens with one attached hydrogen (secondary N) is 2. The molecule has 0 bridgehead atoms. The highest BCUT2D eigenvalue weighted by molar-refractivity contribution is 6.34. The molecular formula is C27H33ClN6O2. The van der Waals surface area contributed by atoms with Crippen LogP contribution in [0.3, 0.4) is 0 Å². The predicted molar refractivity (Wildman–Crippen MR) is 148 cm³/mol. The summed E-state index contributed by atoms with van der Waals surface area (Å²) in [6, 6.07) is 9.51. The SMILES string of the molecule is C=CCN=C(Nc1c(C)cccc1Cl)Nc1ncnc2cc(OCCCN3CCCC3)c(OC)cc12. The third-order valence-corrected chi connectivity index (χ3v) is 6.39. The molecule has 1 fully saturated rings. The summed E-state index contributed by atoms with van der Waals surface area (Å²) in [5.41, 5.74) is 2.51. The van der Waals surface area contributed by atoms with E-state index in [0.29, 0.717) is 41.5 Å². The van der Waals surface area contributed by atoms with Gasteiger partial charge in [0.05, 0.1) is 36.5 Å². The van der Waals surface area contributed by atoms with Gasteiger partial charge in [-0.2, -0.15) is 0 Å². The number of halogens is 1. The fourth-order valence-corrected chi connectivity index (χ4v) is 4.47. The van der Waals surface area contributed by atoms with Crippen molar-refractivity contribution in [3.63, 3.8) is 0 Å². The van der Waals surface area contributed by atoms with Gasteiger partial charge in [-0.3, -0.25) is 0 Å². The van der Waals surface area contributed by atoms with Crippen LogP contribution >= 0.6 is 11.6 Å². The van der Waals surface area contributed by atoms with Crippen molar-refractivity contribution in [3.05, 3.63) is 59.9 Å². The molecule has 2 aromatic carbocycles. The zero-order valence-corrected chi connectivity index (χ0v) is 21.6. The molecule has 0 saturated carbocycles. The van der Waals surface area contributed by atoms with E-state index in [2.05, 4.69) is 37.1 Å². The molecule has 1 saturated heterocycles. The molecule has 8 nitrogen and oxygen atoms in total. The molecule has 0 radical (unpaired) electrons. The average Bonchev–Trinajstić information content (AvgIpc) is 3.40. The van der Waals surface area contributed by atoms with Gasteiger partial charge < -0.3 is 25.0 Å². The van der Waals surface area contributed by atoms with Crippen molar-refractivity contribution in [1.29, 1.82) is 0 Å². The van der Waals surface area contributed by atoms with Crippen LogP contribution in [0.5, 0.6) is 11.5 Å². The van der Waals surface area contributed by atoms with Crippen molar-refractivity contribution < 1.29 is 9.47 Å². The summed E-state index contributed by atoms with van der Waals surface area (Å²) >= 11 is 6.43. The summed E-state index contributed by atoms with van der Waals surface area (Å²) < 4.78 is 11.7. The number of likely N-dealkylation sites (tertiary alicyclic amines) is 1. The maximum atomic E-state index is 6.43. The van der Waals surface area contributed by atoms with E-state index in [4.69, 9.17) is 21.1 Å². The highest BCUT2D eigenvalue weighted by Crippen LogP contribution is 2.34. The largest absolute Gasteiger partial charge is 0.493 e. The number of aromatic nitrogens is 2. The molecule has 2 N–H and O–H groups in total. The Morgan fingerprint density at radius 3 is 2.78 bits per heavy atom. The molecular weight excluding hydrogens is 476 g/mol. The lowest BCUT2D eigenvalue weighted by Gasteiger charge is -2.17. The van der Waals surface area contributed by atoms with E-state index in [-0.39, 0.29) is 0 Å². The van der Waals surface area contributed by atoms with Crippen molar-refractivity contribution in [2.75, 3.05) is 50.5 Å². The van der Waals surface area contributed by atoms with E-state index in [0.717, 1.165) is 35.1 Å². The predicted octanol–water partition coefficient (Wildman–Crippen LogP) is 5.53. The zero-order chi connectivity index (χ0) is 25.3. The van der Waals surface area contributed by atoms with E-state index >= 15 is 0 Å². The first-order chi connectivity index (χ1) is 17.6. The molecule has 0 unspecified atom stereocenters. The molecule has 1 aliphatic rings. The van der Waals surface area contributed by atoms with Gasteiger partial charge in [-0.25, -0.2) is 15.0 Å². The van der Waals surface area contributed by atoms with Crippen LogP contribution < -0.4 is 20.1 Å². The Labute approximate surface area is 217 Å². The van der Waals surface area contributed by atoms with E-state index in [1.165, 1.54) is 32.3 Å². The molecule has 0 spiro atoms. The van der Waals surface area contributed by atoms with Crippen molar-refractivity contribution in [2.45, 2.75) is 26.2 Å². The molecule has 4 rings (SSSR count). The Morgan fingerprint density at radius 1 is 1.19 bits per heavy atom. The average molecular weight is 509 g/mol. The highest BCUT2D eigenvalue weighted by Gasteiger charge is 2.15. The zero-order valence-electron chi connectivity index (χ0n) is 20.9. The second kappa shape index (κ2) is 12.6. The third-order valence-electron chi connectivity index (χ3n) is 6.08. The first-order valence-corrected chi connectivity index (χ1v) is 12.6. The molecule has 190 valence electrons. The second-order valence-corrected chi connectivity index (χ2v) is 9.06. The number of guanidine groups is 1. The fraction of sp³-hybridized carbons (Fsp3) is 0.370. The number of fused-ring (bicyclic) bond motifs is 1. The molecule has 0 aliphatic carbocycles. The number of methoxy groups -OCH3 is 1. The summed E-state index contributed by atoms with van der Waals surface area (Å²) in [7, 11) is 1.63. The van der Waals surface area contributed by atoms with Gasteiger partial charge in [-0.05, 0) is 57.0 Å². The van der Waals surface area contributed by atoms with Crippen LogP contribution in [0.25, 0.3) is 10.9 Å². The molecule has 1 aromatic heterocycles.